The standard InChI is InChI=1S/C20H20N4O2/c1-11-7-12(2)9-16(8-11)23-19(25)17-18(20(23)26)24(22-21-17)15-6-5-13(3)14(4)10-15/h5-10,17-18H,1-4H3/t17-,18-/m0/s1. The highest BCUT2D eigenvalue weighted by molar-refractivity contribution is 6.26. The summed E-state index contributed by atoms with van der Waals surface area (Å²) in [4.78, 5) is 27.2. The van der Waals surface area contributed by atoms with Crippen LogP contribution >= 0.6 is 0 Å². The molecule has 2 aromatic carbocycles. The van der Waals surface area contributed by atoms with Gasteiger partial charge in [-0.3, -0.25) is 9.59 Å². The van der Waals surface area contributed by atoms with Gasteiger partial charge in [0.1, 0.15) is 0 Å². The number of nitrogens with zero attached hydrogens (tertiary/aromatic N) is 4. The normalized spacial score (nSPS) is 21.7. The van der Waals surface area contributed by atoms with Crippen LogP contribution in [0.5, 0.6) is 0 Å². The molecule has 4 rings (SSSR count). The van der Waals surface area contributed by atoms with Gasteiger partial charge in [0.05, 0.1) is 11.4 Å². The number of hydrogen-bond donors (Lipinski definition) is 0. The van der Waals surface area contributed by atoms with Crippen molar-refractivity contribution in [3.05, 3.63) is 58.7 Å². The van der Waals surface area contributed by atoms with E-state index >= 15 is 0 Å². The van der Waals surface area contributed by atoms with Crippen molar-refractivity contribution in [2.75, 3.05) is 9.91 Å². The smallest absolute Gasteiger partial charge is 0.263 e. The molecule has 0 aliphatic carbocycles. The molecular formula is C20H20N4O2. The van der Waals surface area contributed by atoms with Crippen molar-refractivity contribution >= 4 is 23.2 Å². The fraction of sp³-hybridized carbons (Fsp3) is 0.300. The molecule has 0 saturated carbocycles. The first-order valence-electron chi connectivity index (χ1n) is 8.60. The van der Waals surface area contributed by atoms with Crippen LogP contribution in [-0.4, -0.2) is 23.9 Å². The van der Waals surface area contributed by atoms with Crippen molar-refractivity contribution in [3.8, 4) is 0 Å². The Morgan fingerprint density at radius 1 is 0.808 bits per heavy atom. The zero-order valence-corrected chi connectivity index (χ0v) is 15.2. The second-order valence-electron chi connectivity index (χ2n) is 7.07. The first-order chi connectivity index (χ1) is 12.4. The summed E-state index contributed by atoms with van der Waals surface area (Å²) < 4.78 is 0. The molecule has 6 heteroatoms. The average molecular weight is 348 g/mol. The third-order valence-corrected chi connectivity index (χ3v) is 5.00. The van der Waals surface area contributed by atoms with Gasteiger partial charge in [0.25, 0.3) is 11.8 Å². The number of carbonyl (C=O) groups excluding carboxylic acids is 2. The van der Waals surface area contributed by atoms with Crippen LogP contribution in [0.2, 0.25) is 0 Å². The Morgan fingerprint density at radius 3 is 2.15 bits per heavy atom. The third kappa shape index (κ3) is 2.41. The summed E-state index contributed by atoms with van der Waals surface area (Å²) in [6, 6.07) is 10.1. The highest BCUT2D eigenvalue weighted by Crippen LogP contribution is 2.35. The Kier molecular flexibility index (Phi) is 3.64. The van der Waals surface area contributed by atoms with E-state index in [-0.39, 0.29) is 11.8 Å². The second-order valence-corrected chi connectivity index (χ2v) is 7.07. The van der Waals surface area contributed by atoms with E-state index in [0.717, 1.165) is 27.9 Å². The quantitative estimate of drug-likeness (QED) is 0.781. The van der Waals surface area contributed by atoms with E-state index in [1.807, 2.05) is 64.1 Å². The van der Waals surface area contributed by atoms with E-state index in [1.54, 1.807) is 5.01 Å². The lowest BCUT2D eigenvalue weighted by Crippen LogP contribution is -2.40. The van der Waals surface area contributed by atoms with Crippen LogP contribution in [0.1, 0.15) is 22.3 Å². The summed E-state index contributed by atoms with van der Waals surface area (Å²) in [5, 5.41) is 9.78. The Bertz CT molecular complexity index is 946. The number of hydrogen-bond acceptors (Lipinski definition) is 5. The highest BCUT2D eigenvalue weighted by atomic mass is 16.2. The number of fused-ring (bicyclic) bond motifs is 1. The molecule has 0 aromatic heterocycles. The molecule has 2 aliphatic rings. The predicted octanol–water partition coefficient (Wildman–Crippen LogP) is 3.42. The lowest BCUT2D eigenvalue weighted by atomic mass is 10.1. The van der Waals surface area contributed by atoms with Gasteiger partial charge >= 0.3 is 0 Å². The average Bonchev–Trinajstić information content (AvgIpc) is 3.10. The van der Waals surface area contributed by atoms with Gasteiger partial charge in [0.15, 0.2) is 12.1 Å². The van der Waals surface area contributed by atoms with Gasteiger partial charge in [-0.05, 0) is 74.2 Å². The maximum Gasteiger partial charge on any atom is 0.263 e. The van der Waals surface area contributed by atoms with Crippen molar-refractivity contribution in [2.24, 2.45) is 10.3 Å². The molecule has 0 spiro atoms. The molecule has 2 heterocycles. The lowest BCUT2D eigenvalue weighted by Gasteiger charge is -2.21. The molecule has 1 fully saturated rings. The van der Waals surface area contributed by atoms with Gasteiger partial charge in [-0.1, -0.05) is 17.4 Å². The van der Waals surface area contributed by atoms with E-state index in [4.69, 9.17) is 0 Å². The van der Waals surface area contributed by atoms with E-state index in [0.29, 0.717) is 5.69 Å². The number of amides is 2. The molecule has 2 amide bonds. The number of carbonyl (C=O) groups is 2. The van der Waals surface area contributed by atoms with Gasteiger partial charge in [-0.2, -0.15) is 5.11 Å². The Hall–Kier alpha value is -3.02. The first-order valence-corrected chi connectivity index (χ1v) is 8.60. The van der Waals surface area contributed by atoms with Gasteiger partial charge in [-0.25, -0.2) is 9.91 Å². The molecular weight excluding hydrogens is 328 g/mol. The molecule has 2 aromatic rings. The van der Waals surface area contributed by atoms with E-state index in [2.05, 4.69) is 10.3 Å². The van der Waals surface area contributed by atoms with Crippen molar-refractivity contribution in [3.63, 3.8) is 0 Å². The van der Waals surface area contributed by atoms with Crippen LogP contribution in [0.25, 0.3) is 0 Å². The molecule has 0 bridgehead atoms. The van der Waals surface area contributed by atoms with E-state index in [1.165, 1.54) is 4.90 Å². The predicted molar refractivity (Wildman–Crippen MR) is 99.2 cm³/mol. The first kappa shape index (κ1) is 16.4. The summed E-state index contributed by atoms with van der Waals surface area (Å²) in [5.41, 5.74) is 5.64. The fourth-order valence-electron chi connectivity index (χ4n) is 3.58. The van der Waals surface area contributed by atoms with Gasteiger partial charge in [-0.15, -0.1) is 0 Å². The lowest BCUT2D eigenvalue weighted by molar-refractivity contribution is -0.121. The minimum Gasteiger partial charge on any atom is -0.271 e. The molecule has 6 nitrogen and oxygen atoms in total. The third-order valence-electron chi connectivity index (χ3n) is 5.00. The maximum absolute atomic E-state index is 13.1. The molecule has 2 atom stereocenters. The molecule has 0 N–H and O–H groups in total. The van der Waals surface area contributed by atoms with Gasteiger partial charge in [0.2, 0.25) is 0 Å². The molecule has 132 valence electrons. The zero-order chi connectivity index (χ0) is 18.6. The van der Waals surface area contributed by atoms with E-state index in [9.17, 15) is 9.59 Å². The van der Waals surface area contributed by atoms with Crippen LogP contribution in [0.3, 0.4) is 0 Å². The fourth-order valence-corrected chi connectivity index (χ4v) is 3.58. The molecule has 1 saturated heterocycles. The monoisotopic (exact) mass is 348 g/mol. The van der Waals surface area contributed by atoms with Crippen LogP contribution in [0.4, 0.5) is 11.4 Å². The summed E-state index contributed by atoms with van der Waals surface area (Å²) in [6.07, 6.45) is 0. The SMILES string of the molecule is Cc1cc(C)cc(N2C(=O)[C@H]3N=NN(c4ccc(C)c(C)c4)[C@@H]3C2=O)c1. The molecule has 2 aliphatic heterocycles. The van der Waals surface area contributed by atoms with Crippen molar-refractivity contribution < 1.29 is 9.59 Å². The summed E-state index contributed by atoms with van der Waals surface area (Å²) in [6.45, 7) is 7.93. The van der Waals surface area contributed by atoms with Crippen LogP contribution < -0.4 is 9.91 Å². The molecule has 0 unspecified atom stereocenters. The maximum atomic E-state index is 13.1. The van der Waals surface area contributed by atoms with Gasteiger partial charge in [0, 0.05) is 0 Å². The number of benzene rings is 2. The summed E-state index contributed by atoms with van der Waals surface area (Å²) in [7, 11) is 0. The molecule has 0 radical (unpaired) electrons. The van der Waals surface area contributed by atoms with Crippen LogP contribution in [0.15, 0.2) is 46.7 Å². The van der Waals surface area contributed by atoms with E-state index < -0.39 is 12.1 Å². The van der Waals surface area contributed by atoms with Crippen molar-refractivity contribution in [1.29, 1.82) is 0 Å². The number of anilines is 2. The Labute approximate surface area is 152 Å². The van der Waals surface area contributed by atoms with Crippen LogP contribution in [0, 0.1) is 27.7 Å². The topological polar surface area (TPSA) is 65.3 Å². The van der Waals surface area contributed by atoms with Gasteiger partial charge < -0.3 is 0 Å². The Balaban J connectivity index is 1.72. The summed E-state index contributed by atoms with van der Waals surface area (Å²) >= 11 is 0. The number of rotatable bonds is 2. The zero-order valence-electron chi connectivity index (χ0n) is 15.2. The minimum atomic E-state index is -0.787. The van der Waals surface area contributed by atoms with Crippen molar-refractivity contribution in [2.45, 2.75) is 39.8 Å². The largest absolute Gasteiger partial charge is 0.271 e. The second kappa shape index (κ2) is 5.76. The number of aryl methyl sites for hydroxylation is 4. The number of imide groups is 1. The minimum absolute atomic E-state index is 0.284. The highest BCUT2D eigenvalue weighted by Gasteiger charge is 2.55. The molecule has 26 heavy (non-hydrogen) atoms. The Morgan fingerprint density at radius 2 is 1.50 bits per heavy atom. The summed E-state index contributed by atoms with van der Waals surface area (Å²) in [5.74, 6) is -0.603. The van der Waals surface area contributed by atoms with Crippen molar-refractivity contribution in [1.82, 2.24) is 0 Å². The van der Waals surface area contributed by atoms with Crippen LogP contribution in [-0.2, 0) is 9.59 Å².